The van der Waals surface area contributed by atoms with Crippen LogP contribution in [0.4, 0.5) is 0 Å². The molecule has 1 amide bonds. The van der Waals surface area contributed by atoms with Gasteiger partial charge in [-0.1, -0.05) is 6.08 Å². The number of hydrazine groups is 1. The molecule has 2 heterocycles. The van der Waals surface area contributed by atoms with Crippen molar-refractivity contribution in [2.45, 2.75) is 19.1 Å². The molecular formula is C10H19N5O. The van der Waals surface area contributed by atoms with Crippen LogP contribution in [-0.2, 0) is 4.79 Å². The number of nitrogens with two attached hydrogens (primary N) is 1. The molecule has 0 spiro atoms. The summed E-state index contributed by atoms with van der Waals surface area (Å²) in [5.41, 5.74) is 8.50. The summed E-state index contributed by atoms with van der Waals surface area (Å²) >= 11 is 0. The summed E-state index contributed by atoms with van der Waals surface area (Å²) < 4.78 is 0. The Morgan fingerprint density at radius 2 is 2.38 bits per heavy atom. The third-order valence-corrected chi connectivity index (χ3v) is 3.02. The second kappa shape index (κ2) is 4.82. The summed E-state index contributed by atoms with van der Waals surface area (Å²) in [6.07, 6.45) is 4.16. The smallest absolute Gasteiger partial charge is 0.237 e. The Balaban J connectivity index is 2.11. The molecule has 2 aliphatic heterocycles. The molecule has 16 heavy (non-hydrogen) atoms. The van der Waals surface area contributed by atoms with E-state index in [2.05, 4.69) is 15.6 Å². The number of piperazine rings is 1. The van der Waals surface area contributed by atoms with Gasteiger partial charge in [0, 0.05) is 32.4 Å². The van der Waals surface area contributed by atoms with Crippen molar-refractivity contribution in [3.63, 3.8) is 0 Å². The minimum atomic E-state index is -0.300. The van der Waals surface area contributed by atoms with Crippen LogP contribution in [0, 0.1) is 0 Å². The number of carbonyl (C=O) groups is 1. The van der Waals surface area contributed by atoms with Gasteiger partial charge in [-0.05, 0) is 6.92 Å². The van der Waals surface area contributed by atoms with Gasteiger partial charge in [-0.15, -0.1) is 0 Å². The van der Waals surface area contributed by atoms with Crippen molar-refractivity contribution in [2.24, 2.45) is 5.73 Å². The van der Waals surface area contributed by atoms with Gasteiger partial charge in [0.1, 0.15) is 12.2 Å². The van der Waals surface area contributed by atoms with E-state index in [9.17, 15) is 4.79 Å². The van der Waals surface area contributed by atoms with E-state index >= 15 is 0 Å². The van der Waals surface area contributed by atoms with Gasteiger partial charge >= 0.3 is 0 Å². The lowest BCUT2D eigenvalue weighted by Crippen LogP contribution is -2.71. The van der Waals surface area contributed by atoms with Crippen LogP contribution >= 0.6 is 0 Å². The monoisotopic (exact) mass is 225 g/mol. The summed E-state index contributed by atoms with van der Waals surface area (Å²) in [5, 5.41) is 5.31. The first-order valence-corrected chi connectivity index (χ1v) is 5.64. The number of hydrogen-bond acceptors (Lipinski definition) is 5. The molecule has 6 nitrogen and oxygen atoms in total. The number of primary amides is 1. The van der Waals surface area contributed by atoms with Crippen molar-refractivity contribution in [1.29, 1.82) is 0 Å². The van der Waals surface area contributed by atoms with Crippen LogP contribution in [0.5, 0.6) is 0 Å². The summed E-state index contributed by atoms with van der Waals surface area (Å²) in [5.74, 6) is -0.300. The zero-order chi connectivity index (χ0) is 11.5. The van der Waals surface area contributed by atoms with Gasteiger partial charge in [0.25, 0.3) is 0 Å². The van der Waals surface area contributed by atoms with Crippen LogP contribution in [0.25, 0.3) is 0 Å². The third kappa shape index (κ3) is 2.18. The fraction of sp³-hybridized carbons (Fsp3) is 0.700. The fourth-order valence-corrected chi connectivity index (χ4v) is 2.22. The topological polar surface area (TPSA) is 73.6 Å². The molecule has 2 aliphatic rings. The van der Waals surface area contributed by atoms with Crippen molar-refractivity contribution < 1.29 is 4.79 Å². The summed E-state index contributed by atoms with van der Waals surface area (Å²) in [4.78, 5) is 13.5. The van der Waals surface area contributed by atoms with E-state index in [1.807, 2.05) is 24.2 Å². The molecule has 2 saturated heterocycles. The summed E-state index contributed by atoms with van der Waals surface area (Å²) in [6, 6.07) is -0.300. The van der Waals surface area contributed by atoms with Gasteiger partial charge in [0.2, 0.25) is 5.91 Å². The molecule has 0 saturated carbocycles. The summed E-state index contributed by atoms with van der Waals surface area (Å²) in [6.45, 7) is 5.45. The zero-order valence-corrected chi connectivity index (χ0v) is 9.52. The maximum Gasteiger partial charge on any atom is 0.237 e. The zero-order valence-electron chi connectivity index (χ0n) is 9.52. The number of rotatable bonds is 2. The van der Waals surface area contributed by atoms with E-state index in [0.29, 0.717) is 6.54 Å². The molecule has 0 aliphatic carbocycles. The normalized spacial score (nSPS) is 31.7. The number of nitrogens with zero attached hydrogens (tertiary/aromatic N) is 2. The second-order valence-electron chi connectivity index (χ2n) is 4.15. The number of allylic oxidation sites excluding steroid dienone is 1. The third-order valence-electron chi connectivity index (χ3n) is 3.02. The van der Waals surface area contributed by atoms with Crippen molar-refractivity contribution in [2.75, 3.05) is 26.2 Å². The van der Waals surface area contributed by atoms with E-state index < -0.39 is 0 Å². The maximum absolute atomic E-state index is 11.2. The quantitative estimate of drug-likeness (QED) is 0.529. The molecule has 0 aromatic heterocycles. The van der Waals surface area contributed by atoms with E-state index in [0.717, 1.165) is 19.6 Å². The molecule has 0 bridgehead atoms. The standard InChI is InChI=1S/C10H19N5O/c1-2-4-15-9-6-12-3-5-14(9)7-8(13-15)10(11)16/h2,4,8-9,12-13H,3,5-7H2,1H3,(H2,11,16). The minimum Gasteiger partial charge on any atom is -0.368 e. The molecule has 4 N–H and O–H groups in total. The van der Waals surface area contributed by atoms with Crippen LogP contribution < -0.4 is 16.5 Å². The van der Waals surface area contributed by atoms with Crippen molar-refractivity contribution >= 4 is 5.91 Å². The lowest BCUT2D eigenvalue weighted by atomic mass is 10.2. The van der Waals surface area contributed by atoms with Crippen molar-refractivity contribution in [1.82, 2.24) is 20.7 Å². The number of carbonyl (C=O) groups excluding carboxylic acids is 1. The van der Waals surface area contributed by atoms with Crippen LogP contribution in [0.2, 0.25) is 0 Å². The van der Waals surface area contributed by atoms with Crippen LogP contribution in [0.3, 0.4) is 0 Å². The number of nitrogens with one attached hydrogen (secondary N) is 2. The first-order valence-electron chi connectivity index (χ1n) is 5.64. The summed E-state index contributed by atoms with van der Waals surface area (Å²) in [7, 11) is 0. The first-order chi connectivity index (χ1) is 7.72. The highest BCUT2D eigenvalue weighted by atomic mass is 16.1. The molecule has 2 rings (SSSR count). The van der Waals surface area contributed by atoms with Crippen molar-refractivity contribution in [3.05, 3.63) is 12.3 Å². The molecule has 2 fully saturated rings. The Morgan fingerprint density at radius 1 is 1.56 bits per heavy atom. The van der Waals surface area contributed by atoms with Gasteiger partial charge in [-0.2, -0.15) is 0 Å². The Morgan fingerprint density at radius 3 is 3.06 bits per heavy atom. The molecule has 2 atom stereocenters. The minimum absolute atomic E-state index is 0.264. The van der Waals surface area contributed by atoms with E-state index in [1.54, 1.807) is 0 Å². The highest BCUT2D eigenvalue weighted by Gasteiger charge is 2.35. The molecule has 0 aromatic rings. The lowest BCUT2D eigenvalue weighted by Gasteiger charge is -2.48. The highest BCUT2D eigenvalue weighted by Crippen LogP contribution is 2.14. The molecule has 0 aromatic carbocycles. The van der Waals surface area contributed by atoms with E-state index in [4.69, 9.17) is 5.73 Å². The van der Waals surface area contributed by atoms with Crippen LogP contribution in [0.15, 0.2) is 12.3 Å². The molecular weight excluding hydrogens is 206 g/mol. The molecule has 2 unspecified atom stereocenters. The molecule has 6 heteroatoms. The Hall–Kier alpha value is -1.11. The number of fused-ring (bicyclic) bond motifs is 1. The lowest BCUT2D eigenvalue weighted by molar-refractivity contribution is -0.127. The Labute approximate surface area is 95.4 Å². The molecule has 90 valence electrons. The predicted octanol–water partition coefficient (Wildman–Crippen LogP) is -1.57. The number of amides is 1. The second-order valence-corrected chi connectivity index (χ2v) is 4.15. The Kier molecular flexibility index (Phi) is 3.42. The predicted molar refractivity (Wildman–Crippen MR) is 61.0 cm³/mol. The largest absolute Gasteiger partial charge is 0.368 e. The average molecular weight is 225 g/mol. The Bertz CT molecular complexity index is 293. The van der Waals surface area contributed by atoms with E-state index in [1.165, 1.54) is 0 Å². The van der Waals surface area contributed by atoms with Crippen molar-refractivity contribution in [3.8, 4) is 0 Å². The maximum atomic E-state index is 11.2. The fourth-order valence-electron chi connectivity index (χ4n) is 2.22. The van der Waals surface area contributed by atoms with Crippen LogP contribution in [-0.4, -0.2) is 54.2 Å². The SMILES string of the molecule is CC=CN1NC(C(N)=O)CN2CCNCC21. The molecule has 0 radical (unpaired) electrons. The average Bonchev–Trinajstić information content (AvgIpc) is 2.29. The van der Waals surface area contributed by atoms with Crippen LogP contribution in [0.1, 0.15) is 6.92 Å². The highest BCUT2D eigenvalue weighted by molar-refractivity contribution is 5.80. The van der Waals surface area contributed by atoms with Gasteiger partial charge in [-0.25, -0.2) is 5.43 Å². The van der Waals surface area contributed by atoms with Gasteiger partial charge in [0.05, 0.1) is 0 Å². The van der Waals surface area contributed by atoms with Gasteiger partial charge in [0.15, 0.2) is 0 Å². The van der Waals surface area contributed by atoms with E-state index in [-0.39, 0.29) is 18.1 Å². The first kappa shape index (κ1) is 11.4. The number of hydrogen-bond donors (Lipinski definition) is 3. The van der Waals surface area contributed by atoms with Gasteiger partial charge < -0.3 is 11.1 Å². The van der Waals surface area contributed by atoms with Gasteiger partial charge in [-0.3, -0.25) is 14.7 Å².